The molecule has 27 unspecified atom stereocenters. The van der Waals surface area contributed by atoms with E-state index in [4.69, 9.17) is 87.3 Å². The van der Waals surface area contributed by atoms with Crippen molar-refractivity contribution in [3.63, 3.8) is 0 Å². The molecule has 42 heteroatoms. The fourth-order valence-electron chi connectivity index (χ4n) is 16.8. The van der Waals surface area contributed by atoms with Crippen LogP contribution in [0.5, 0.6) is 0 Å². The number of hydrogen-bond acceptors (Lipinski definition) is 41. The van der Waals surface area contributed by atoms with E-state index in [0.717, 1.165) is 64.2 Å². The third-order valence-electron chi connectivity index (χ3n) is 24.7. The molecule has 0 radical (unpaired) electrons. The number of rotatable bonds is 52. The largest absolute Gasteiger partial charge is 0.394 e. The van der Waals surface area contributed by atoms with E-state index < -0.39 is 310 Å². The Kier molecular flexibility index (Phi) is 46.7. The van der Waals surface area contributed by atoms with Crippen molar-refractivity contribution in [1.29, 1.82) is 0 Å². The minimum atomic E-state index is -2.39. The summed E-state index contributed by atoms with van der Waals surface area (Å²) in [7, 11) is 0. The van der Waals surface area contributed by atoms with Gasteiger partial charge in [0.25, 0.3) is 0 Å². The molecule has 0 aromatic carbocycles. The average Bonchev–Trinajstić information content (AvgIpc) is 0.781. The second-order valence-corrected chi connectivity index (χ2v) is 34.3. The van der Waals surface area contributed by atoms with Crippen molar-refractivity contribution in [2.24, 2.45) is 11.5 Å². The first-order valence-corrected chi connectivity index (χ1v) is 44.9. The number of nitrogens with two attached hydrogens (primary N) is 2. The van der Waals surface area contributed by atoms with Gasteiger partial charge >= 0.3 is 0 Å². The van der Waals surface area contributed by atoms with Gasteiger partial charge in [0.2, 0.25) is 5.91 Å². The Morgan fingerprint density at radius 3 is 1.10 bits per heavy atom. The molecule has 726 valence electrons. The van der Waals surface area contributed by atoms with Crippen LogP contribution in [0.25, 0.3) is 0 Å². The van der Waals surface area contributed by atoms with Crippen LogP contribution < -0.4 is 16.8 Å². The zero-order valence-corrected chi connectivity index (χ0v) is 71.7. The summed E-state index contributed by atoms with van der Waals surface area (Å²) in [5.41, 5.74) is 13.9. The van der Waals surface area contributed by atoms with Crippen LogP contribution in [-0.2, 0) is 80.6 Å². The van der Waals surface area contributed by atoms with Gasteiger partial charge in [0.1, 0.15) is 171 Å². The van der Waals surface area contributed by atoms with E-state index in [0.29, 0.717) is 12.8 Å². The molecular weight excluding hydrogens is 1650 g/mol. The van der Waals surface area contributed by atoms with Gasteiger partial charge in [-0.25, -0.2) is 0 Å². The third-order valence-corrected chi connectivity index (χ3v) is 24.7. The minimum Gasteiger partial charge on any atom is -0.394 e. The van der Waals surface area contributed by atoms with Crippen molar-refractivity contribution in [3.8, 4) is 0 Å². The number of amides is 1. The Bertz CT molecular complexity index is 2940. The highest BCUT2D eigenvalue weighted by atomic mass is 16.8. The van der Waals surface area contributed by atoms with Crippen molar-refractivity contribution in [1.82, 2.24) is 5.32 Å². The molecule has 0 spiro atoms. The van der Waals surface area contributed by atoms with Gasteiger partial charge in [-0.1, -0.05) is 167 Å². The zero-order valence-electron chi connectivity index (χ0n) is 71.7. The number of ether oxygens (including phenoxy) is 16. The second-order valence-electron chi connectivity index (χ2n) is 34.3. The van der Waals surface area contributed by atoms with Crippen molar-refractivity contribution in [2.45, 2.75) is 452 Å². The molecule has 0 saturated carbocycles. The molecule has 8 rings (SSSR count). The maximum Gasteiger partial charge on any atom is 0.220 e. The number of aliphatic hydroxyl groups excluding tert-OH is 22. The number of hydrogen-bond donors (Lipinski definition) is 25. The fraction of sp³-hybridized carbons (Fsp3) is 0.963. The van der Waals surface area contributed by atoms with Gasteiger partial charge in [0, 0.05) is 6.42 Å². The van der Waals surface area contributed by atoms with Gasteiger partial charge < -0.3 is 205 Å². The molecule has 42 nitrogen and oxygen atoms in total. The van der Waals surface area contributed by atoms with Gasteiger partial charge in [-0.15, -0.1) is 0 Å². The molecule has 8 heterocycles. The average molecular weight is 1800 g/mol. The monoisotopic (exact) mass is 1800 g/mol. The Balaban J connectivity index is 1.05. The first-order valence-electron chi connectivity index (χ1n) is 44.9. The number of unbranched alkanes of at least 4 members (excludes halogenated alkanes) is 23. The summed E-state index contributed by atoms with van der Waals surface area (Å²) in [6.07, 6.45) is -43.5. The topological polar surface area (TPSA) is 674 Å². The number of aliphatic hydroxyl groups is 22. The molecule has 124 heavy (non-hydrogen) atoms. The van der Waals surface area contributed by atoms with Crippen molar-refractivity contribution in [2.75, 3.05) is 46.2 Å². The summed E-state index contributed by atoms with van der Waals surface area (Å²) >= 11 is 0. The number of carbonyl (C=O) groups excluding carboxylic acids is 1. The van der Waals surface area contributed by atoms with E-state index in [1.54, 1.807) is 6.08 Å². The molecule has 27 N–H and O–H groups in total. The first-order chi connectivity index (χ1) is 59.4. The summed E-state index contributed by atoms with van der Waals surface area (Å²) in [5, 5.41) is 248. The standard InChI is InChI=1S/C82H149N3O39/c1-5-7-9-11-13-15-17-19-21-23-25-27-29-31-43(91)42(85-50(92)32-30-28-26-24-22-20-18-16-14-12-10-8-6-2)38-109-77-67(107)62(102)69(46(35-88)117-77)119-82-68(108)74(124-76-52(84)73(123-81-66(106)61(101)56(96)45(34-87)114-81)71(48(37-90)116-76)120-78-63(103)58(98)53(93)40(3)111-78)57(97)49(118-82)39-110-75-51(83)72(122-79-64(104)59(99)54(94)41(4)112-79)70(47(36-89)115-75)121-80-65(105)60(100)55(95)44(33-86)113-80/h29,31,40-49,51-82,86-91,93-108H,5-28,30,32-39,83-84H2,1-4H3,(H,85,92)/b31-29+/t40?,41?,42?,43?,44?,45?,46?,47?,48?,49?,51?,52?,53-,54-,55+,56+,57+,58?,59?,60?,61?,62?,63?,64?,65?,66?,67?,68?,69-,70-,71-,72?,73?,74?,75-,76+,77-,78+,79?,80+,81+,82+/m1/s1. The number of carbonyl (C=O) groups is 1. The van der Waals surface area contributed by atoms with Gasteiger partial charge in [0.15, 0.2) is 50.3 Å². The van der Waals surface area contributed by atoms with E-state index >= 15 is 0 Å². The van der Waals surface area contributed by atoms with Crippen molar-refractivity contribution >= 4 is 5.91 Å². The van der Waals surface area contributed by atoms with E-state index in [1.807, 2.05) is 6.08 Å². The normalized spacial score (nSPS) is 42.4. The first kappa shape index (κ1) is 107. The maximum absolute atomic E-state index is 13.7. The summed E-state index contributed by atoms with van der Waals surface area (Å²) in [5.74, 6) is -0.393. The van der Waals surface area contributed by atoms with Gasteiger partial charge in [-0.2, -0.15) is 0 Å². The molecule has 0 bridgehead atoms. The lowest BCUT2D eigenvalue weighted by molar-refractivity contribution is -0.393. The van der Waals surface area contributed by atoms with E-state index in [9.17, 15) is 117 Å². The van der Waals surface area contributed by atoms with Crippen molar-refractivity contribution in [3.05, 3.63) is 12.2 Å². The van der Waals surface area contributed by atoms with E-state index in [1.165, 1.54) is 97.3 Å². The summed E-state index contributed by atoms with van der Waals surface area (Å²) in [6, 6.07) is -4.88. The predicted octanol–water partition coefficient (Wildman–Crippen LogP) is -5.86. The molecular formula is C82H149N3O39. The van der Waals surface area contributed by atoms with Crippen LogP contribution in [0.2, 0.25) is 0 Å². The molecule has 0 aliphatic carbocycles. The molecule has 0 aromatic heterocycles. The Morgan fingerprint density at radius 2 is 0.661 bits per heavy atom. The maximum atomic E-state index is 13.7. The van der Waals surface area contributed by atoms with Gasteiger partial charge in [-0.3, -0.25) is 4.79 Å². The lowest BCUT2D eigenvalue weighted by Crippen LogP contribution is -2.70. The number of allylic oxidation sites excluding steroid dienone is 1. The van der Waals surface area contributed by atoms with E-state index in [-0.39, 0.29) is 6.42 Å². The third kappa shape index (κ3) is 29.3. The molecule has 8 fully saturated rings. The highest BCUT2D eigenvalue weighted by molar-refractivity contribution is 5.76. The molecule has 42 atom stereocenters. The predicted molar refractivity (Wildman–Crippen MR) is 428 cm³/mol. The van der Waals surface area contributed by atoms with Crippen LogP contribution in [-0.4, -0.2) is 422 Å². The van der Waals surface area contributed by atoms with Crippen LogP contribution in [0.3, 0.4) is 0 Å². The highest BCUT2D eigenvalue weighted by Crippen LogP contribution is 2.40. The fourth-order valence-corrected chi connectivity index (χ4v) is 16.8. The van der Waals surface area contributed by atoms with Crippen LogP contribution in [0.4, 0.5) is 0 Å². The van der Waals surface area contributed by atoms with Crippen LogP contribution >= 0.6 is 0 Å². The van der Waals surface area contributed by atoms with Gasteiger partial charge in [0.05, 0.1) is 82.7 Å². The Morgan fingerprint density at radius 1 is 0.331 bits per heavy atom. The molecule has 0 aromatic rings. The summed E-state index contributed by atoms with van der Waals surface area (Å²) in [6.45, 7) is 0.384. The Labute approximate surface area is 723 Å². The quantitative estimate of drug-likeness (QED) is 0.0199. The Hall–Kier alpha value is -2.39. The smallest absolute Gasteiger partial charge is 0.220 e. The lowest BCUT2D eigenvalue weighted by atomic mass is 9.94. The minimum absolute atomic E-state index is 0.122. The van der Waals surface area contributed by atoms with E-state index in [2.05, 4.69) is 19.2 Å². The highest BCUT2D eigenvalue weighted by Gasteiger charge is 2.60. The second kappa shape index (κ2) is 54.1. The van der Waals surface area contributed by atoms with Crippen LogP contribution in [0.1, 0.15) is 195 Å². The van der Waals surface area contributed by atoms with Crippen LogP contribution in [0.15, 0.2) is 12.2 Å². The molecule has 1 amide bonds. The summed E-state index contributed by atoms with van der Waals surface area (Å²) in [4.78, 5) is 13.7. The zero-order chi connectivity index (χ0) is 90.6. The SMILES string of the molecule is CCCCCCCCCCCCC/C=C/C(O)C(CO[C@@H]1OC(CO)[C@@H](O[C@@H]2OC(CO[C@@H]3OC(CO)[C@@H](O[C@@H]4OC(CO)[C@H](O)C(O)C4O)C(OC4OC(C)[C@@H](O)C(O)C4O)C3N)[C@H](O)C(O[C@@H]3OC(CO)[C@@H](O[C@@H]4OC(C)[C@@H](O)C(O)C4O)C(O[C@@H]4OC(CO)[C@H](O)C(O)C4O)C3N)C2O)C(O)C1O)NC(=O)CCCCCCCCCCCCCCC. The lowest BCUT2D eigenvalue weighted by Gasteiger charge is -2.51. The van der Waals surface area contributed by atoms with Crippen molar-refractivity contribution < 1.29 is 193 Å². The number of nitrogens with one attached hydrogen (secondary N) is 1. The summed E-state index contributed by atoms with van der Waals surface area (Å²) < 4.78 is 97.0. The molecule has 8 aliphatic heterocycles. The molecule has 8 saturated heterocycles. The molecule has 8 aliphatic rings. The van der Waals surface area contributed by atoms with Crippen LogP contribution in [0, 0.1) is 0 Å². The van der Waals surface area contributed by atoms with Gasteiger partial charge in [-0.05, 0) is 33.1 Å².